The zero-order chi connectivity index (χ0) is 19.9. The fourth-order valence-corrected chi connectivity index (χ4v) is 5.93. The molecule has 0 saturated heterocycles. The Hall–Kier alpha value is -1.32. The third-order valence-electron chi connectivity index (χ3n) is 6.16. The third kappa shape index (κ3) is 5.84. The predicted octanol–water partition coefficient (Wildman–Crippen LogP) is 6.99. The Morgan fingerprint density at radius 3 is 2.64 bits per heavy atom. The highest BCUT2D eigenvalue weighted by Crippen LogP contribution is 2.41. The zero-order valence-corrected chi connectivity index (χ0v) is 18.3. The second-order valence-electron chi connectivity index (χ2n) is 8.05. The van der Waals surface area contributed by atoms with E-state index in [1.54, 1.807) is 6.07 Å². The van der Waals surface area contributed by atoms with E-state index >= 15 is 0 Å². The van der Waals surface area contributed by atoms with Crippen LogP contribution in [0.4, 0.5) is 0 Å². The molecule has 1 aliphatic rings. The number of aryl methyl sites for hydroxylation is 3. The van der Waals surface area contributed by atoms with Crippen molar-refractivity contribution < 1.29 is 9.90 Å². The first-order valence-corrected chi connectivity index (χ1v) is 11.9. The van der Waals surface area contributed by atoms with Gasteiger partial charge in [-0.3, -0.25) is 0 Å². The Bertz CT molecular complexity index is 769. The maximum absolute atomic E-state index is 11.0. The maximum atomic E-state index is 11.0. The van der Waals surface area contributed by atoms with Gasteiger partial charge in [-0.05, 0) is 92.9 Å². The number of carboxylic acid groups (broad SMARTS) is 1. The molecule has 0 radical (unpaired) electrons. The number of hydrogen-bond donors (Lipinski definition) is 1. The van der Waals surface area contributed by atoms with Crippen LogP contribution in [0.1, 0.15) is 71.1 Å². The topological polar surface area (TPSA) is 37.3 Å². The summed E-state index contributed by atoms with van der Waals surface area (Å²) in [4.78, 5) is 12.6. The molecule has 0 spiro atoms. The molecule has 1 aromatic carbocycles. The van der Waals surface area contributed by atoms with Gasteiger partial charge in [0, 0.05) is 10.3 Å². The van der Waals surface area contributed by atoms with E-state index in [2.05, 4.69) is 31.2 Å². The van der Waals surface area contributed by atoms with Gasteiger partial charge in [-0.1, -0.05) is 31.2 Å². The van der Waals surface area contributed by atoms with E-state index in [1.807, 2.05) is 6.07 Å². The quantitative estimate of drug-likeness (QED) is 0.422. The lowest BCUT2D eigenvalue weighted by Gasteiger charge is -2.22. The highest BCUT2D eigenvalue weighted by atomic mass is 35.5. The van der Waals surface area contributed by atoms with E-state index in [-0.39, 0.29) is 0 Å². The minimum atomic E-state index is -0.822. The number of carboxylic acids is 1. The Balaban J connectivity index is 1.44. The van der Waals surface area contributed by atoms with Gasteiger partial charge in [0.2, 0.25) is 0 Å². The fraction of sp³-hybridized carbons (Fsp3) is 0.542. The number of aromatic carboxylic acids is 1. The van der Waals surface area contributed by atoms with Crippen LogP contribution in [0.15, 0.2) is 36.4 Å². The summed E-state index contributed by atoms with van der Waals surface area (Å²) in [5.41, 5.74) is 2.89. The maximum Gasteiger partial charge on any atom is 0.345 e. The molecule has 2 aromatic rings. The summed E-state index contributed by atoms with van der Waals surface area (Å²) in [5, 5.41) is 9.36. The molecular formula is C24H31ClO2S. The van der Waals surface area contributed by atoms with E-state index < -0.39 is 5.97 Å². The Kier molecular flexibility index (Phi) is 7.99. The van der Waals surface area contributed by atoms with E-state index in [0.717, 1.165) is 44.4 Å². The zero-order valence-electron chi connectivity index (χ0n) is 16.7. The summed E-state index contributed by atoms with van der Waals surface area (Å²) < 4.78 is 0. The number of benzene rings is 1. The highest BCUT2D eigenvalue weighted by Gasteiger charge is 2.33. The summed E-state index contributed by atoms with van der Waals surface area (Å²) in [7, 11) is 0. The Labute approximate surface area is 177 Å². The second-order valence-corrected chi connectivity index (χ2v) is 9.78. The number of carbonyl (C=O) groups is 1. The average Bonchev–Trinajstić information content (AvgIpc) is 3.30. The van der Waals surface area contributed by atoms with Gasteiger partial charge in [0.1, 0.15) is 4.88 Å². The first-order valence-electron chi connectivity index (χ1n) is 10.6. The third-order valence-corrected chi connectivity index (χ3v) is 7.83. The fourth-order valence-electron chi connectivity index (χ4n) is 4.58. The molecule has 1 fully saturated rings. The van der Waals surface area contributed by atoms with Gasteiger partial charge in [0.05, 0.1) is 0 Å². The lowest BCUT2D eigenvalue weighted by atomic mass is 9.86. The number of halogens is 1. The van der Waals surface area contributed by atoms with Crippen LogP contribution in [0.25, 0.3) is 0 Å². The SMILES string of the molecule is CCc1cccc(CCC[C@H]2CC[C@@H](Cl)[C@@H]2CCCc2ccc(C(=O)O)s2)c1. The van der Waals surface area contributed by atoms with E-state index in [0.29, 0.717) is 16.2 Å². The highest BCUT2D eigenvalue weighted by molar-refractivity contribution is 7.13. The van der Waals surface area contributed by atoms with Crippen LogP contribution in [-0.4, -0.2) is 16.5 Å². The van der Waals surface area contributed by atoms with Crippen LogP contribution in [-0.2, 0) is 19.3 Å². The molecule has 0 unspecified atom stereocenters. The summed E-state index contributed by atoms with van der Waals surface area (Å²) in [6.45, 7) is 2.21. The van der Waals surface area contributed by atoms with Crippen LogP contribution in [0.2, 0.25) is 0 Å². The van der Waals surface area contributed by atoms with Gasteiger partial charge >= 0.3 is 5.97 Å². The molecule has 1 aliphatic carbocycles. The number of alkyl halides is 1. The van der Waals surface area contributed by atoms with Crippen LogP contribution in [0, 0.1) is 11.8 Å². The molecule has 4 heteroatoms. The van der Waals surface area contributed by atoms with Gasteiger partial charge in [-0.2, -0.15) is 0 Å². The Morgan fingerprint density at radius 2 is 1.89 bits per heavy atom. The monoisotopic (exact) mass is 418 g/mol. The van der Waals surface area contributed by atoms with Gasteiger partial charge in [-0.15, -0.1) is 22.9 Å². The van der Waals surface area contributed by atoms with Gasteiger partial charge in [0.25, 0.3) is 0 Å². The molecule has 152 valence electrons. The van der Waals surface area contributed by atoms with Crippen molar-refractivity contribution in [2.45, 2.75) is 70.1 Å². The van der Waals surface area contributed by atoms with Crippen LogP contribution < -0.4 is 0 Å². The van der Waals surface area contributed by atoms with Crippen molar-refractivity contribution in [3.8, 4) is 0 Å². The normalized spacial score (nSPS) is 21.9. The number of hydrogen-bond acceptors (Lipinski definition) is 2. The van der Waals surface area contributed by atoms with E-state index in [1.165, 1.54) is 46.6 Å². The minimum absolute atomic E-state index is 0.311. The van der Waals surface area contributed by atoms with E-state index in [4.69, 9.17) is 16.7 Å². The van der Waals surface area contributed by atoms with Crippen molar-refractivity contribution in [3.05, 3.63) is 57.3 Å². The van der Waals surface area contributed by atoms with E-state index in [9.17, 15) is 4.79 Å². The lowest BCUT2D eigenvalue weighted by molar-refractivity contribution is 0.0702. The summed E-state index contributed by atoms with van der Waals surface area (Å²) in [6.07, 6.45) is 10.4. The molecule has 2 nitrogen and oxygen atoms in total. The van der Waals surface area contributed by atoms with Crippen molar-refractivity contribution in [2.24, 2.45) is 11.8 Å². The summed E-state index contributed by atoms with van der Waals surface area (Å²) >= 11 is 8.07. The standard InChI is InChI=1S/C24H31ClO2S/c1-2-17-6-3-7-18(16-17)8-4-9-19-12-14-22(25)21(19)11-5-10-20-13-15-23(28-20)24(26)27/h3,6-7,13,15-16,19,21-22H,2,4-5,8-12,14H2,1H3,(H,26,27)/t19-,21+,22+/m0/s1. The van der Waals surface area contributed by atoms with Crippen molar-refractivity contribution in [3.63, 3.8) is 0 Å². The molecular weight excluding hydrogens is 388 g/mol. The molecule has 0 amide bonds. The van der Waals surface area contributed by atoms with Crippen LogP contribution in [0.3, 0.4) is 0 Å². The average molecular weight is 419 g/mol. The molecule has 28 heavy (non-hydrogen) atoms. The van der Waals surface area contributed by atoms with Gasteiger partial charge in [0.15, 0.2) is 0 Å². The Morgan fingerprint density at radius 1 is 1.11 bits per heavy atom. The van der Waals surface area contributed by atoms with Crippen molar-refractivity contribution in [2.75, 3.05) is 0 Å². The molecule has 3 rings (SSSR count). The molecule has 0 bridgehead atoms. The molecule has 3 atom stereocenters. The molecule has 1 N–H and O–H groups in total. The predicted molar refractivity (Wildman–Crippen MR) is 119 cm³/mol. The van der Waals surface area contributed by atoms with Crippen molar-refractivity contribution in [1.82, 2.24) is 0 Å². The number of thiophene rings is 1. The number of rotatable bonds is 10. The first-order chi connectivity index (χ1) is 13.6. The molecule has 1 heterocycles. The van der Waals surface area contributed by atoms with Gasteiger partial charge < -0.3 is 5.11 Å². The van der Waals surface area contributed by atoms with Crippen molar-refractivity contribution >= 4 is 28.9 Å². The van der Waals surface area contributed by atoms with Crippen LogP contribution >= 0.6 is 22.9 Å². The summed E-state index contributed by atoms with van der Waals surface area (Å²) in [6, 6.07) is 12.7. The summed E-state index contributed by atoms with van der Waals surface area (Å²) in [5.74, 6) is 0.537. The lowest BCUT2D eigenvalue weighted by Crippen LogP contribution is -2.16. The van der Waals surface area contributed by atoms with Crippen LogP contribution in [0.5, 0.6) is 0 Å². The first kappa shape index (κ1) is 21.4. The minimum Gasteiger partial charge on any atom is -0.477 e. The molecule has 1 aromatic heterocycles. The molecule has 1 saturated carbocycles. The second kappa shape index (κ2) is 10.5. The van der Waals surface area contributed by atoms with Gasteiger partial charge in [-0.25, -0.2) is 4.79 Å². The molecule has 0 aliphatic heterocycles. The van der Waals surface area contributed by atoms with Crippen molar-refractivity contribution in [1.29, 1.82) is 0 Å². The largest absolute Gasteiger partial charge is 0.477 e. The smallest absolute Gasteiger partial charge is 0.345 e.